The van der Waals surface area contributed by atoms with Crippen molar-refractivity contribution in [3.05, 3.63) is 82.3 Å². The van der Waals surface area contributed by atoms with Crippen LogP contribution in [0, 0.1) is 11.3 Å². The molecule has 168 valence electrons. The minimum Gasteiger partial charge on any atom is -0.349 e. The fourth-order valence-corrected chi connectivity index (χ4v) is 5.55. The van der Waals surface area contributed by atoms with Crippen LogP contribution in [0.25, 0.3) is 0 Å². The number of fused-ring (bicyclic) bond motifs is 1. The zero-order valence-corrected chi connectivity index (χ0v) is 20.6. The Morgan fingerprint density at radius 1 is 1.28 bits per heavy atom. The monoisotopic (exact) mass is 535 g/mol. The van der Waals surface area contributed by atoms with Crippen LogP contribution in [0.3, 0.4) is 0 Å². The number of imidazole rings is 1. The third-order valence-corrected chi connectivity index (χ3v) is 7.25. The molecule has 3 aromatic rings. The zero-order chi connectivity index (χ0) is 22.0. The molecule has 0 bridgehead atoms. The van der Waals surface area contributed by atoms with Gasteiger partial charge in [-0.3, -0.25) is 0 Å². The second-order valence-electron chi connectivity index (χ2n) is 7.62. The maximum absolute atomic E-state index is 12.8. The van der Waals surface area contributed by atoms with Gasteiger partial charge in [0.25, 0.3) is 0 Å². The lowest BCUT2D eigenvalue weighted by molar-refractivity contribution is 0.319. The summed E-state index contributed by atoms with van der Waals surface area (Å²) in [5, 5.41) is 10.0. The van der Waals surface area contributed by atoms with Gasteiger partial charge in [-0.2, -0.15) is 9.57 Å². The topological polar surface area (TPSA) is 93.1 Å². The number of halogens is 2. The number of sulfonamides is 1. The lowest BCUT2D eigenvalue weighted by atomic mass is 10.0. The van der Waals surface area contributed by atoms with E-state index >= 15 is 0 Å². The Balaban J connectivity index is 0.00000289. The van der Waals surface area contributed by atoms with Crippen LogP contribution in [0.4, 0.5) is 5.69 Å². The molecule has 0 amide bonds. The quantitative estimate of drug-likeness (QED) is 0.531. The third-order valence-electron chi connectivity index (χ3n) is 5.48. The van der Waals surface area contributed by atoms with Crippen LogP contribution >= 0.6 is 28.3 Å². The lowest BCUT2D eigenvalue weighted by Gasteiger charge is -2.33. The predicted molar refractivity (Wildman–Crippen MR) is 130 cm³/mol. The van der Waals surface area contributed by atoms with Crippen molar-refractivity contribution in [2.75, 3.05) is 17.7 Å². The summed E-state index contributed by atoms with van der Waals surface area (Å²) in [5.41, 5.74) is 3.40. The van der Waals surface area contributed by atoms with Crippen molar-refractivity contribution in [3.63, 3.8) is 0 Å². The van der Waals surface area contributed by atoms with Crippen molar-refractivity contribution in [1.29, 1.82) is 5.26 Å². The normalized spacial score (nSPS) is 17.5. The first-order chi connectivity index (χ1) is 14.9. The van der Waals surface area contributed by atoms with E-state index < -0.39 is 16.1 Å². The van der Waals surface area contributed by atoms with Crippen LogP contribution in [0.2, 0.25) is 0 Å². The van der Waals surface area contributed by atoms with Gasteiger partial charge in [-0.05, 0) is 35.7 Å². The molecule has 1 aliphatic rings. The lowest BCUT2D eigenvalue weighted by Crippen LogP contribution is -2.46. The maximum atomic E-state index is 12.8. The molecule has 1 aliphatic heterocycles. The molecule has 7 nitrogen and oxygen atoms in total. The Bertz CT molecular complexity index is 1200. The second-order valence-corrected chi connectivity index (χ2v) is 10.5. The number of hydrogen-bond acceptors (Lipinski definition) is 5. The molecular formula is C22H23BrClN5O2S. The minimum absolute atomic E-state index is 0. The number of H-pyrrole nitrogens is 1. The van der Waals surface area contributed by atoms with Crippen molar-refractivity contribution in [3.8, 4) is 6.07 Å². The Morgan fingerprint density at radius 3 is 2.66 bits per heavy atom. The fourth-order valence-electron chi connectivity index (χ4n) is 4.08. The van der Waals surface area contributed by atoms with E-state index in [1.807, 2.05) is 53.4 Å². The van der Waals surface area contributed by atoms with Crippen LogP contribution in [0.15, 0.2) is 65.5 Å². The van der Waals surface area contributed by atoms with Gasteiger partial charge >= 0.3 is 0 Å². The van der Waals surface area contributed by atoms with Gasteiger partial charge in [0, 0.05) is 29.3 Å². The van der Waals surface area contributed by atoms with Crippen molar-refractivity contribution < 1.29 is 8.42 Å². The summed E-state index contributed by atoms with van der Waals surface area (Å²) in [4.78, 5) is 9.09. The van der Waals surface area contributed by atoms with E-state index in [-0.39, 0.29) is 25.0 Å². The van der Waals surface area contributed by atoms with Crippen molar-refractivity contribution in [2.24, 2.45) is 0 Å². The summed E-state index contributed by atoms with van der Waals surface area (Å²) in [6.45, 7) is 0.608. The van der Waals surface area contributed by atoms with Gasteiger partial charge in [-0.1, -0.05) is 46.3 Å². The highest BCUT2D eigenvalue weighted by Gasteiger charge is 2.36. The highest BCUT2D eigenvalue weighted by atomic mass is 79.9. The number of nitrogens with zero attached hydrogens (tertiary/aromatic N) is 4. The van der Waals surface area contributed by atoms with Gasteiger partial charge in [0.1, 0.15) is 0 Å². The molecule has 1 aromatic heterocycles. The summed E-state index contributed by atoms with van der Waals surface area (Å²) >= 11 is 3.50. The van der Waals surface area contributed by atoms with E-state index in [0.717, 1.165) is 21.3 Å². The molecule has 1 N–H and O–H groups in total. The molecule has 2 aromatic carbocycles. The SMILES string of the molecule is CS(=O)(=O)N1Cc2cc(Br)ccc2N(C(C#N)c2cnc[nH]2)C[C@H]1Cc1ccccc1.Cl. The summed E-state index contributed by atoms with van der Waals surface area (Å²) in [6, 6.07) is 17.0. The predicted octanol–water partition coefficient (Wildman–Crippen LogP) is 4.05. The molecule has 0 aliphatic carbocycles. The minimum atomic E-state index is -3.50. The van der Waals surface area contributed by atoms with Gasteiger partial charge in [-0.15, -0.1) is 12.4 Å². The van der Waals surface area contributed by atoms with Gasteiger partial charge in [0.05, 0.1) is 30.5 Å². The third kappa shape index (κ3) is 5.15. The van der Waals surface area contributed by atoms with Crippen LogP contribution in [-0.2, 0) is 23.0 Å². The van der Waals surface area contributed by atoms with Crippen LogP contribution in [0.1, 0.15) is 22.9 Å². The van der Waals surface area contributed by atoms with Crippen LogP contribution in [-0.4, -0.2) is 41.5 Å². The molecule has 4 rings (SSSR count). The Morgan fingerprint density at radius 2 is 2.03 bits per heavy atom. The van der Waals surface area contributed by atoms with Crippen LogP contribution < -0.4 is 4.90 Å². The van der Waals surface area contributed by atoms with Crippen LogP contribution in [0.5, 0.6) is 0 Å². The molecule has 1 unspecified atom stereocenters. The average Bonchev–Trinajstić information content (AvgIpc) is 3.20. The van der Waals surface area contributed by atoms with E-state index in [1.165, 1.54) is 6.26 Å². The summed E-state index contributed by atoms with van der Waals surface area (Å²) in [5.74, 6) is 0. The molecule has 0 saturated carbocycles. The summed E-state index contributed by atoms with van der Waals surface area (Å²) in [6.07, 6.45) is 4.97. The first-order valence-corrected chi connectivity index (χ1v) is 12.4. The van der Waals surface area contributed by atoms with E-state index in [2.05, 4.69) is 32.0 Å². The number of rotatable bonds is 5. The molecule has 10 heteroatoms. The molecule has 0 spiro atoms. The Labute approximate surface area is 202 Å². The second kappa shape index (κ2) is 10.0. The number of aromatic nitrogens is 2. The largest absolute Gasteiger partial charge is 0.349 e. The molecule has 0 fully saturated rings. The first kappa shape index (κ1) is 24.3. The fraction of sp³-hybridized carbons (Fsp3) is 0.273. The van der Waals surface area contributed by atoms with Gasteiger partial charge < -0.3 is 9.88 Å². The van der Waals surface area contributed by atoms with E-state index in [1.54, 1.807) is 16.8 Å². The highest BCUT2D eigenvalue weighted by molar-refractivity contribution is 9.10. The van der Waals surface area contributed by atoms with Crippen molar-refractivity contribution in [2.45, 2.75) is 25.0 Å². The smallest absolute Gasteiger partial charge is 0.211 e. The number of benzene rings is 2. The molecule has 0 radical (unpaired) electrons. The maximum Gasteiger partial charge on any atom is 0.211 e. The number of hydrogen-bond donors (Lipinski definition) is 1. The summed E-state index contributed by atoms with van der Waals surface area (Å²) < 4.78 is 28.1. The molecule has 2 atom stereocenters. The summed E-state index contributed by atoms with van der Waals surface area (Å²) in [7, 11) is -3.50. The van der Waals surface area contributed by atoms with E-state index in [0.29, 0.717) is 18.7 Å². The van der Waals surface area contributed by atoms with Crippen molar-refractivity contribution in [1.82, 2.24) is 14.3 Å². The molecule has 32 heavy (non-hydrogen) atoms. The van der Waals surface area contributed by atoms with Crippen molar-refractivity contribution >= 4 is 44.0 Å². The Kier molecular flexibility index (Phi) is 7.62. The van der Waals surface area contributed by atoms with Gasteiger partial charge in [0.2, 0.25) is 10.0 Å². The highest BCUT2D eigenvalue weighted by Crippen LogP contribution is 2.36. The van der Waals surface area contributed by atoms with E-state index in [4.69, 9.17) is 0 Å². The van der Waals surface area contributed by atoms with E-state index in [9.17, 15) is 13.7 Å². The van der Waals surface area contributed by atoms with Gasteiger partial charge in [0.15, 0.2) is 6.04 Å². The number of nitrogens with one attached hydrogen (secondary N) is 1. The molecule has 0 saturated heterocycles. The molecule has 2 heterocycles. The molecular weight excluding hydrogens is 514 g/mol. The van der Waals surface area contributed by atoms with Gasteiger partial charge in [-0.25, -0.2) is 13.4 Å². The average molecular weight is 537 g/mol. The Hall–Kier alpha value is -2.38. The first-order valence-electron chi connectivity index (χ1n) is 9.80. The number of aromatic amines is 1. The number of anilines is 1. The zero-order valence-electron chi connectivity index (χ0n) is 17.3. The number of nitriles is 1. The standard InChI is InChI=1S/C22H22BrN5O2S.ClH/c1-31(29,30)28-13-17-10-18(23)7-8-21(17)27(22(11-24)20-12-25-15-26-20)14-19(28)9-16-5-3-2-4-6-16;/h2-8,10,12,15,19,22H,9,13-14H2,1H3,(H,25,26);1H/t19-,22?;/m1./s1.